The third-order valence-corrected chi connectivity index (χ3v) is 9.02. The van der Waals surface area contributed by atoms with Gasteiger partial charge in [0.1, 0.15) is 29.0 Å². The van der Waals surface area contributed by atoms with Crippen LogP contribution in [0.5, 0.6) is 0 Å². The van der Waals surface area contributed by atoms with Gasteiger partial charge in [-0.1, -0.05) is 44.2 Å². The van der Waals surface area contributed by atoms with Crippen LogP contribution in [0.15, 0.2) is 36.7 Å². The molecule has 4 aromatic rings. The van der Waals surface area contributed by atoms with Crippen molar-refractivity contribution in [1.29, 1.82) is 0 Å². The highest BCUT2D eigenvalue weighted by atomic mass is 32.1. The fourth-order valence-electron chi connectivity index (χ4n) is 5.37. The first kappa shape index (κ1) is 34.9. The lowest BCUT2D eigenvalue weighted by Crippen LogP contribution is -2.50. The van der Waals surface area contributed by atoms with Crippen LogP contribution in [0, 0.1) is 26.7 Å². The van der Waals surface area contributed by atoms with Crippen LogP contribution in [0.25, 0.3) is 5.00 Å². The molecule has 0 fully saturated rings. The zero-order valence-electron chi connectivity index (χ0n) is 27.1. The summed E-state index contributed by atoms with van der Waals surface area (Å²) in [6.07, 6.45) is 2.39. The van der Waals surface area contributed by atoms with Gasteiger partial charge in [-0.3, -0.25) is 19.2 Å². The van der Waals surface area contributed by atoms with E-state index >= 15 is 0 Å². The van der Waals surface area contributed by atoms with Crippen molar-refractivity contribution >= 4 is 35.5 Å². The van der Waals surface area contributed by atoms with Gasteiger partial charge in [-0.2, -0.15) is 9.78 Å². The third-order valence-electron chi connectivity index (χ3n) is 7.82. The van der Waals surface area contributed by atoms with Crippen molar-refractivity contribution in [2.75, 3.05) is 13.1 Å². The van der Waals surface area contributed by atoms with Crippen LogP contribution in [0.3, 0.4) is 0 Å². The Kier molecular flexibility index (Phi) is 11.9. The van der Waals surface area contributed by atoms with Crippen LogP contribution in [0.2, 0.25) is 0 Å². The number of rotatable bonds is 5. The molecule has 0 saturated heterocycles. The van der Waals surface area contributed by atoms with E-state index in [1.54, 1.807) is 9.58 Å². The van der Waals surface area contributed by atoms with Crippen LogP contribution in [0.4, 0.5) is 0 Å². The summed E-state index contributed by atoms with van der Waals surface area (Å²) in [5.41, 5.74) is 2.34. The Morgan fingerprint density at radius 3 is 2.49 bits per heavy atom. The lowest BCUT2D eigenvalue weighted by molar-refractivity contribution is -0.129. The van der Waals surface area contributed by atoms with Gasteiger partial charge in [-0.25, -0.2) is 9.67 Å². The molecule has 47 heavy (non-hydrogen) atoms. The van der Waals surface area contributed by atoms with Crippen molar-refractivity contribution in [2.24, 2.45) is 5.92 Å². The van der Waals surface area contributed by atoms with E-state index in [0.29, 0.717) is 54.7 Å². The standard InChI is InChI=1S/C30H38N10O3S.CH2O2/c1-18(2)26-27-32-21(5)35-39(27)15-14-38(29(43)25-19(3)20(4)44-30(25)40-17-31-36-37-40)13-9-12-24(41)33-23(28(42)34-26)16-22-10-7-6-8-11-22;2-1-3/h6-8,10-11,17-18,23,26H,9,12-16H2,1-5H3,(H,33,41)(H,34,42);1H,(H,2,3)/t23-,26?;/m0./s1. The van der Waals surface area contributed by atoms with E-state index in [1.807, 2.05) is 65.0 Å². The van der Waals surface area contributed by atoms with Gasteiger partial charge >= 0.3 is 0 Å². The van der Waals surface area contributed by atoms with Crippen molar-refractivity contribution in [1.82, 2.24) is 50.5 Å². The quantitative estimate of drug-likeness (QED) is 0.267. The smallest absolute Gasteiger partial charge is 0.290 e. The summed E-state index contributed by atoms with van der Waals surface area (Å²) >= 11 is 1.46. The summed E-state index contributed by atoms with van der Waals surface area (Å²) in [7, 11) is 0. The fraction of sp³-hybridized carbons (Fsp3) is 0.452. The summed E-state index contributed by atoms with van der Waals surface area (Å²) in [6.45, 7) is 10.5. The van der Waals surface area contributed by atoms with Crippen LogP contribution < -0.4 is 10.6 Å². The number of tetrazole rings is 1. The first-order valence-corrected chi connectivity index (χ1v) is 16.1. The molecule has 15 nitrogen and oxygen atoms in total. The molecule has 16 heteroatoms. The minimum absolute atomic E-state index is 0.0182. The molecule has 0 radical (unpaired) electrons. The van der Waals surface area contributed by atoms with Gasteiger partial charge in [-0.15, -0.1) is 16.4 Å². The van der Waals surface area contributed by atoms with E-state index < -0.39 is 12.1 Å². The van der Waals surface area contributed by atoms with Gasteiger partial charge in [0.2, 0.25) is 11.8 Å². The van der Waals surface area contributed by atoms with E-state index in [-0.39, 0.29) is 36.5 Å². The van der Waals surface area contributed by atoms with Crippen LogP contribution in [-0.2, 0) is 27.3 Å². The Morgan fingerprint density at radius 2 is 1.83 bits per heavy atom. The molecule has 0 aliphatic carbocycles. The summed E-state index contributed by atoms with van der Waals surface area (Å²) in [4.78, 5) is 56.9. The predicted molar refractivity (Wildman–Crippen MR) is 173 cm³/mol. The molecule has 0 spiro atoms. The Balaban J connectivity index is 0.00000160. The van der Waals surface area contributed by atoms with Crippen molar-refractivity contribution in [3.63, 3.8) is 0 Å². The Bertz CT molecular complexity index is 1670. The van der Waals surface area contributed by atoms with E-state index in [1.165, 1.54) is 22.3 Å². The highest BCUT2D eigenvalue weighted by Gasteiger charge is 2.31. The average Bonchev–Trinajstić information content (AvgIpc) is 3.77. The molecule has 5 rings (SSSR count). The summed E-state index contributed by atoms with van der Waals surface area (Å²) in [6, 6.07) is 8.37. The lowest BCUT2D eigenvalue weighted by atomic mass is 10.0. The summed E-state index contributed by atoms with van der Waals surface area (Å²) in [5, 5.41) is 29.8. The number of hydrogen-bond donors (Lipinski definition) is 3. The normalized spacial score (nSPS) is 17.5. The topological polar surface area (TPSA) is 190 Å². The number of carbonyl (C=O) groups is 4. The van der Waals surface area contributed by atoms with E-state index in [4.69, 9.17) is 14.9 Å². The Morgan fingerprint density at radius 1 is 1.11 bits per heavy atom. The largest absolute Gasteiger partial charge is 0.483 e. The van der Waals surface area contributed by atoms with Crippen LogP contribution in [0.1, 0.15) is 70.7 Å². The number of thiophene rings is 1. The third kappa shape index (κ3) is 8.64. The van der Waals surface area contributed by atoms with Gasteiger partial charge in [-0.05, 0) is 54.7 Å². The second-order valence-electron chi connectivity index (χ2n) is 11.5. The molecule has 1 unspecified atom stereocenters. The first-order chi connectivity index (χ1) is 22.5. The zero-order valence-corrected chi connectivity index (χ0v) is 27.9. The van der Waals surface area contributed by atoms with Gasteiger partial charge < -0.3 is 20.6 Å². The Hall–Kier alpha value is -4.99. The van der Waals surface area contributed by atoms with E-state index in [9.17, 15) is 14.4 Å². The average molecular weight is 665 g/mol. The molecule has 0 saturated carbocycles. The van der Waals surface area contributed by atoms with E-state index in [0.717, 1.165) is 16.0 Å². The second-order valence-corrected chi connectivity index (χ2v) is 12.7. The number of carboxylic acid groups (broad SMARTS) is 1. The monoisotopic (exact) mass is 664 g/mol. The predicted octanol–water partition coefficient (Wildman–Crippen LogP) is 2.42. The Labute approximate surface area is 276 Å². The molecule has 3 amide bonds. The molecule has 1 aliphatic rings. The van der Waals surface area contributed by atoms with Gasteiger partial charge in [0.15, 0.2) is 0 Å². The summed E-state index contributed by atoms with van der Waals surface area (Å²) in [5.74, 6) is 0.468. The molecule has 1 aromatic carbocycles. The molecule has 3 aromatic heterocycles. The number of benzene rings is 1. The first-order valence-electron chi connectivity index (χ1n) is 15.3. The van der Waals surface area contributed by atoms with Crippen LogP contribution in [-0.4, -0.2) is 88.3 Å². The molecule has 2 atom stereocenters. The van der Waals surface area contributed by atoms with Crippen LogP contribution >= 0.6 is 11.3 Å². The maximum absolute atomic E-state index is 14.2. The van der Waals surface area contributed by atoms with E-state index in [2.05, 4.69) is 31.3 Å². The molecular formula is C31H40N10O5S. The van der Waals surface area contributed by atoms with Crippen molar-refractivity contribution in [3.05, 3.63) is 69.9 Å². The highest BCUT2D eigenvalue weighted by Crippen LogP contribution is 2.31. The minimum Gasteiger partial charge on any atom is -0.483 e. The zero-order chi connectivity index (χ0) is 34.1. The van der Waals surface area contributed by atoms with Gasteiger partial charge in [0.25, 0.3) is 12.4 Å². The number of nitrogens with zero attached hydrogens (tertiary/aromatic N) is 8. The van der Waals surface area contributed by atoms with Crippen molar-refractivity contribution < 1.29 is 24.3 Å². The van der Waals surface area contributed by atoms with Crippen molar-refractivity contribution in [3.8, 4) is 5.00 Å². The minimum atomic E-state index is -0.778. The maximum atomic E-state index is 14.2. The molecule has 1 aliphatic heterocycles. The van der Waals surface area contributed by atoms with Gasteiger partial charge in [0.05, 0.1) is 18.2 Å². The number of aryl methyl sites for hydroxylation is 2. The number of aromatic nitrogens is 7. The molecular weight excluding hydrogens is 624 g/mol. The maximum Gasteiger partial charge on any atom is 0.290 e. The molecule has 250 valence electrons. The summed E-state index contributed by atoms with van der Waals surface area (Å²) < 4.78 is 3.29. The molecule has 3 N–H and O–H groups in total. The SMILES string of the molecule is Cc1nc2n(n1)CCN(C(=O)c1c(-n3cnnn3)sc(C)c1C)CCCC(=O)N[C@@H](Cc1ccccc1)C(=O)NC2C(C)C.O=CO. The lowest BCUT2D eigenvalue weighted by Gasteiger charge is -2.28. The number of carbonyl (C=O) groups excluding carboxylic acids is 3. The van der Waals surface area contributed by atoms with Gasteiger partial charge in [0, 0.05) is 30.8 Å². The number of nitrogens with one attached hydrogen (secondary N) is 2. The number of amides is 3. The fourth-order valence-corrected chi connectivity index (χ4v) is 6.44. The van der Waals surface area contributed by atoms with Crippen molar-refractivity contribution in [2.45, 2.75) is 72.5 Å². The highest BCUT2D eigenvalue weighted by molar-refractivity contribution is 7.15. The number of fused-ring (bicyclic) bond motifs is 1. The number of hydrogen-bond acceptors (Lipinski definition) is 10. The molecule has 0 bridgehead atoms. The molecule has 4 heterocycles. The second kappa shape index (κ2) is 16.0.